The van der Waals surface area contributed by atoms with Gasteiger partial charge in [-0.3, -0.25) is 4.79 Å². The van der Waals surface area contributed by atoms with Crippen molar-refractivity contribution in [3.8, 4) is 0 Å². The van der Waals surface area contributed by atoms with Gasteiger partial charge in [0.2, 0.25) is 5.91 Å². The first kappa shape index (κ1) is 16.1. The molecule has 0 bridgehead atoms. The second kappa shape index (κ2) is 8.23. The third-order valence-electron chi connectivity index (χ3n) is 2.58. The van der Waals surface area contributed by atoms with Crippen LogP contribution in [0.15, 0.2) is 6.20 Å². The first-order valence-corrected chi connectivity index (χ1v) is 6.17. The molecule has 1 rings (SSSR count). The maximum absolute atomic E-state index is 11.7. The van der Waals surface area contributed by atoms with Crippen molar-refractivity contribution in [2.75, 3.05) is 13.7 Å². The molecular weight excluding hydrogens is 266 g/mol. The third kappa shape index (κ3) is 5.33. The second-order valence-electron chi connectivity index (χ2n) is 4.20. The number of hydrogen-bond donors (Lipinski definition) is 3. The van der Waals surface area contributed by atoms with Gasteiger partial charge in [-0.05, 0) is 12.8 Å². The average Bonchev–Trinajstić information content (AvgIpc) is 2.85. The standard InChI is InChI=1S/C11H19N5O4/c1-20-4-2-3-9(11(18)19)13-10(17)7-16-6-8(5-12)14-15-16/h6,9H,2-5,7,12H2,1H3,(H,13,17)(H,18,19). The van der Waals surface area contributed by atoms with Gasteiger partial charge in [0.25, 0.3) is 0 Å². The first-order chi connectivity index (χ1) is 9.56. The molecule has 112 valence electrons. The molecule has 1 heterocycles. The van der Waals surface area contributed by atoms with Crippen molar-refractivity contribution < 1.29 is 19.4 Å². The van der Waals surface area contributed by atoms with Gasteiger partial charge in [-0.25, -0.2) is 9.48 Å². The summed E-state index contributed by atoms with van der Waals surface area (Å²) in [7, 11) is 1.54. The summed E-state index contributed by atoms with van der Waals surface area (Å²) in [5.41, 5.74) is 5.94. The quantitative estimate of drug-likeness (QED) is 0.482. The highest BCUT2D eigenvalue weighted by atomic mass is 16.5. The molecule has 0 saturated heterocycles. The van der Waals surface area contributed by atoms with Crippen molar-refractivity contribution in [3.05, 3.63) is 11.9 Å². The largest absolute Gasteiger partial charge is 0.480 e. The Morgan fingerprint density at radius 3 is 2.90 bits per heavy atom. The number of carbonyl (C=O) groups is 2. The van der Waals surface area contributed by atoms with Crippen LogP contribution in [-0.4, -0.2) is 51.7 Å². The van der Waals surface area contributed by atoms with Gasteiger partial charge in [-0.15, -0.1) is 5.10 Å². The molecule has 1 unspecified atom stereocenters. The molecule has 1 atom stereocenters. The lowest BCUT2D eigenvalue weighted by Crippen LogP contribution is -2.42. The number of nitrogens with one attached hydrogen (secondary N) is 1. The summed E-state index contributed by atoms with van der Waals surface area (Å²) in [6, 6.07) is -0.935. The molecule has 20 heavy (non-hydrogen) atoms. The number of nitrogens with two attached hydrogens (primary N) is 1. The number of carbonyl (C=O) groups excluding carboxylic acids is 1. The van der Waals surface area contributed by atoms with E-state index in [-0.39, 0.29) is 13.1 Å². The number of ether oxygens (including phenoxy) is 1. The zero-order valence-corrected chi connectivity index (χ0v) is 11.3. The summed E-state index contributed by atoms with van der Waals surface area (Å²) in [5.74, 6) is -1.51. The Kier molecular flexibility index (Phi) is 6.60. The van der Waals surface area contributed by atoms with E-state index in [2.05, 4.69) is 15.6 Å². The van der Waals surface area contributed by atoms with Crippen LogP contribution >= 0.6 is 0 Å². The predicted molar refractivity (Wildman–Crippen MR) is 68.6 cm³/mol. The smallest absolute Gasteiger partial charge is 0.326 e. The third-order valence-corrected chi connectivity index (χ3v) is 2.58. The number of aromatic nitrogens is 3. The summed E-state index contributed by atoms with van der Waals surface area (Å²) in [4.78, 5) is 22.8. The minimum absolute atomic E-state index is 0.0962. The van der Waals surface area contributed by atoms with E-state index in [0.717, 1.165) is 0 Å². The van der Waals surface area contributed by atoms with E-state index in [9.17, 15) is 9.59 Å². The molecule has 0 fully saturated rings. The maximum atomic E-state index is 11.7. The highest BCUT2D eigenvalue weighted by Crippen LogP contribution is 1.99. The van der Waals surface area contributed by atoms with Crippen molar-refractivity contribution in [3.63, 3.8) is 0 Å². The van der Waals surface area contributed by atoms with Crippen molar-refractivity contribution in [2.45, 2.75) is 32.0 Å². The lowest BCUT2D eigenvalue weighted by Gasteiger charge is -2.14. The molecule has 0 saturated carbocycles. The number of carboxylic acids is 1. The average molecular weight is 285 g/mol. The van der Waals surface area contributed by atoms with Crippen LogP contribution in [-0.2, 0) is 27.4 Å². The summed E-state index contributed by atoms with van der Waals surface area (Å²) < 4.78 is 6.16. The molecule has 1 aromatic rings. The lowest BCUT2D eigenvalue weighted by atomic mass is 10.1. The lowest BCUT2D eigenvalue weighted by molar-refractivity contribution is -0.142. The Morgan fingerprint density at radius 1 is 1.60 bits per heavy atom. The molecule has 0 aromatic carbocycles. The van der Waals surface area contributed by atoms with Crippen LogP contribution in [0.5, 0.6) is 0 Å². The van der Waals surface area contributed by atoms with Crippen LogP contribution in [0.3, 0.4) is 0 Å². The first-order valence-electron chi connectivity index (χ1n) is 6.17. The van der Waals surface area contributed by atoms with Gasteiger partial charge in [-0.1, -0.05) is 5.21 Å². The van der Waals surface area contributed by atoms with Crippen LogP contribution in [0.25, 0.3) is 0 Å². The van der Waals surface area contributed by atoms with E-state index in [1.165, 1.54) is 11.8 Å². The Bertz CT molecular complexity index is 448. The van der Waals surface area contributed by atoms with Gasteiger partial charge < -0.3 is 20.9 Å². The fraction of sp³-hybridized carbons (Fsp3) is 0.636. The highest BCUT2D eigenvalue weighted by Gasteiger charge is 2.19. The molecule has 9 nitrogen and oxygen atoms in total. The number of nitrogens with zero attached hydrogens (tertiary/aromatic N) is 3. The minimum atomic E-state index is -1.07. The van der Waals surface area contributed by atoms with E-state index in [4.69, 9.17) is 15.6 Å². The Morgan fingerprint density at radius 2 is 2.35 bits per heavy atom. The van der Waals surface area contributed by atoms with Crippen LogP contribution in [0.1, 0.15) is 18.5 Å². The summed E-state index contributed by atoms with van der Waals surface area (Å²) in [6.07, 6.45) is 2.40. The number of hydrogen-bond acceptors (Lipinski definition) is 6. The maximum Gasteiger partial charge on any atom is 0.326 e. The Balaban J connectivity index is 2.46. The van der Waals surface area contributed by atoms with Gasteiger partial charge in [0.15, 0.2) is 0 Å². The highest BCUT2D eigenvalue weighted by molar-refractivity contribution is 5.83. The van der Waals surface area contributed by atoms with Crippen LogP contribution in [0.2, 0.25) is 0 Å². The van der Waals surface area contributed by atoms with Crippen molar-refractivity contribution in [2.24, 2.45) is 5.73 Å². The number of carboxylic acid groups (broad SMARTS) is 1. The van der Waals surface area contributed by atoms with E-state index in [0.29, 0.717) is 25.1 Å². The molecule has 0 spiro atoms. The van der Waals surface area contributed by atoms with Gasteiger partial charge in [0.05, 0.1) is 11.9 Å². The van der Waals surface area contributed by atoms with Gasteiger partial charge >= 0.3 is 5.97 Å². The van der Waals surface area contributed by atoms with Gasteiger partial charge in [-0.2, -0.15) is 0 Å². The van der Waals surface area contributed by atoms with E-state index >= 15 is 0 Å². The molecule has 1 aromatic heterocycles. The van der Waals surface area contributed by atoms with Crippen molar-refractivity contribution in [1.29, 1.82) is 0 Å². The van der Waals surface area contributed by atoms with Gasteiger partial charge in [0, 0.05) is 20.3 Å². The zero-order valence-electron chi connectivity index (χ0n) is 11.3. The summed E-state index contributed by atoms with van der Waals surface area (Å²) >= 11 is 0. The molecule has 0 radical (unpaired) electrons. The van der Waals surface area contributed by atoms with Crippen LogP contribution < -0.4 is 11.1 Å². The predicted octanol–water partition coefficient (Wildman–Crippen LogP) is -1.27. The normalized spacial score (nSPS) is 12.1. The van der Waals surface area contributed by atoms with Crippen molar-refractivity contribution >= 4 is 11.9 Å². The van der Waals surface area contributed by atoms with Crippen LogP contribution in [0, 0.1) is 0 Å². The van der Waals surface area contributed by atoms with E-state index < -0.39 is 17.9 Å². The Labute approximate surface area is 116 Å². The summed E-state index contributed by atoms with van der Waals surface area (Å²) in [5, 5.41) is 18.9. The molecule has 0 aliphatic rings. The Hall–Kier alpha value is -2.00. The molecule has 0 aliphatic carbocycles. The van der Waals surface area contributed by atoms with E-state index in [1.807, 2.05) is 0 Å². The fourth-order valence-electron chi connectivity index (χ4n) is 1.59. The number of aliphatic carboxylic acids is 1. The monoisotopic (exact) mass is 285 g/mol. The number of amides is 1. The van der Waals surface area contributed by atoms with Gasteiger partial charge in [0.1, 0.15) is 12.6 Å². The molecule has 9 heteroatoms. The van der Waals surface area contributed by atoms with E-state index in [1.54, 1.807) is 6.20 Å². The molecule has 1 amide bonds. The molecule has 4 N–H and O–H groups in total. The SMILES string of the molecule is COCCCC(NC(=O)Cn1cc(CN)nn1)C(=O)O. The number of methoxy groups -OCH3 is 1. The number of rotatable bonds is 9. The van der Waals surface area contributed by atoms with Crippen molar-refractivity contribution in [1.82, 2.24) is 20.3 Å². The van der Waals surface area contributed by atoms with Crippen LogP contribution in [0.4, 0.5) is 0 Å². The molecular formula is C11H19N5O4. The summed E-state index contributed by atoms with van der Waals surface area (Å²) in [6.45, 7) is 0.583. The minimum Gasteiger partial charge on any atom is -0.480 e. The fourth-order valence-corrected chi connectivity index (χ4v) is 1.59. The molecule has 0 aliphatic heterocycles. The topological polar surface area (TPSA) is 132 Å². The second-order valence-corrected chi connectivity index (χ2v) is 4.20. The zero-order chi connectivity index (χ0) is 15.0.